The molecular weight excluding hydrogens is 345 g/mol. The molecule has 0 saturated carbocycles. The molecule has 0 aliphatic heterocycles. The summed E-state index contributed by atoms with van der Waals surface area (Å²) in [5.74, 6) is -3.87. The molecular formula is C15H14BrF3N2. The molecule has 0 fully saturated rings. The number of hydrogen-bond acceptors (Lipinski definition) is 2. The van der Waals surface area contributed by atoms with Gasteiger partial charge in [-0.05, 0) is 47.1 Å². The van der Waals surface area contributed by atoms with E-state index in [0.717, 1.165) is 12.5 Å². The predicted octanol–water partition coefficient (Wildman–Crippen LogP) is 4.35. The van der Waals surface area contributed by atoms with Crippen LogP contribution in [0.2, 0.25) is 0 Å². The van der Waals surface area contributed by atoms with Crippen LogP contribution < -0.4 is 5.32 Å². The van der Waals surface area contributed by atoms with Gasteiger partial charge in [0, 0.05) is 16.2 Å². The standard InChI is InChI=1S/C15H14BrF3N2/c1-2-7-20-14(15-10(16)4-3-8-21-15)9-5-6-11(17)13(19)12(9)18/h3-6,8,14,20H,2,7H2,1H3. The normalized spacial score (nSPS) is 12.4. The van der Waals surface area contributed by atoms with Gasteiger partial charge in [-0.25, -0.2) is 13.2 Å². The smallest absolute Gasteiger partial charge is 0.194 e. The lowest BCUT2D eigenvalue weighted by Crippen LogP contribution is -2.26. The number of aromatic nitrogens is 1. The van der Waals surface area contributed by atoms with Crippen LogP contribution in [0.5, 0.6) is 0 Å². The lowest BCUT2D eigenvalue weighted by atomic mass is 10.0. The molecule has 0 saturated heterocycles. The first-order valence-electron chi connectivity index (χ1n) is 6.53. The average molecular weight is 359 g/mol. The molecule has 1 N–H and O–H groups in total. The number of benzene rings is 1. The van der Waals surface area contributed by atoms with Crippen LogP contribution in [-0.4, -0.2) is 11.5 Å². The number of hydrogen-bond donors (Lipinski definition) is 1. The minimum atomic E-state index is -1.47. The number of nitrogens with one attached hydrogen (secondary N) is 1. The second-order valence-electron chi connectivity index (χ2n) is 4.52. The molecule has 2 aromatic rings. The van der Waals surface area contributed by atoms with Crippen LogP contribution in [0.25, 0.3) is 0 Å². The number of rotatable bonds is 5. The molecule has 0 radical (unpaired) electrons. The van der Waals surface area contributed by atoms with Crippen molar-refractivity contribution in [3.8, 4) is 0 Å². The fourth-order valence-electron chi connectivity index (χ4n) is 2.02. The molecule has 6 heteroatoms. The van der Waals surface area contributed by atoms with Gasteiger partial charge >= 0.3 is 0 Å². The molecule has 1 heterocycles. The van der Waals surface area contributed by atoms with Crippen LogP contribution >= 0.6 is 15.9 Å². The topological polar surface area (TPSA) is 24.9 Å². The van der Waals surface area contributed by atoms with Crippen molar-refractivity contribution in [1.29, 1.82) is 0 Å². The first kappa shape index (κ1) is 16.0. The maximum Gasteiger partial charge on any atom is 0.194 e. The lowest BCUT2D eigenvalue weighted by Gasteiger charge is -2.20. The Labute approximate surface area is 129 Å². The van der Waals surface area contributed by atoms with Gasteiger partial charge in [-0.3, -0.25) is 4.98 Å². The minimum absolute atomic E-state index is 0.0294. The van der Waals surface area contributed by atoms with Crippen molar-refractivity contribution in [2.24, 2.45) is 0 Å². The molecule has 1 unspecified atom stereocenters. The van der Waals surface area contributed by atoms with Crippen molar-refractivity contribution in [2.75, 3.05) is 6.54 Å². The van der Waals surface area contributed by atoms with E-state index in [9.17, 15) is 13.2 Å². The summed E-state index contributed by atoms with van der Waals surface area (Å²) in [7, 11) is 0. The van der Waals surface area contributed by atoms with E-state index < -0.39 is 23.5 Å². The summed E-state index contributed by atoms with van der Waals surface area (Å²) < 4.78 is 41.3. The number of halogens is 4. The van der Waals surface area contributed by atoms with Gasteiger partial charge in [0.15, 0.2) is 17.5 Å². The summed E-state index contributed by atoms with van der Waals surface area (Å²) in [5, 5.41) is 3.11. The van der Waals surface area contributed by atoms with E-state index >= 15 is 0 Å². The minimum Gasteiger partial charge on any atom is -0.305 e. The third-order valence-corrected chi connectivity index (χ3v) is 3.71. The highest BCUT2D eigenvalue weighted by molar-refractivity contribution is 9.10. The van der Waals surface area contributed by atoms with Gasteiger partial charge in [0.25, 0.3) is 0 Å². The third-order valence-electron chi connectivity index (χ3n) is 3.03. The van der Waals surface area contributed by atoms with E-state index in [2.05, 4.69) is 26.2 Å². The quantitative estimate of drug-likeness (QED) is 0.803. The van der Waals surface area contributed by atoms with Gasteiger partial charge in [-0.2, -0.15) is 0 Å². The van der Waals surface area contributed by atoms with Crippen LogP contribution in [0.15, 0.2) is 34.9 Å². The monoisotopic (exact) mass is 358 g/mol. The number of pyridine rings is 1. The molecule has 0 spiro atoms. The fourth-order valence-corrected chi connectivity index (χ4v) is 2.50. The van der Waals surface area contributed by atoms with E-state index in [-0.39, 0.29) is 5.56 Å². The predicted molar refractivity (Wildman–Crippen MR) is 78.4 cm³/mol. The van der Waals surface area contributed by atoms with Crippen LogP contribution in [0.3, 0.4) is 0 Å². The molecule has 0 aliphatic rings. The summed E-state index contributed by atoms with van der Waals surface area (Å²) in [6, 6.07) is 5.00. The Morgan fingerprint density at radius 3 is 2.62 bits per heavy atom. The molecule has 1 atom stereocenters. The maximum atomic E-state index is 14.1. The molecule has 0 aliphatic carbocycles. The Bertz CT molecular complexity index is 634. The van der Waals surface area contributed by atoms with Crippen molar-refractivity contribution in [1.82, 2.24) is 10.3 Å². The zero-order valence-corrected chi connectivity index (χ0v) is 12.9. The van der Waals surface area contributed by atoms with Crippen LogP contribution in [0.4, 0.5) is 13.2 Å². The molecule has 21 heavy (non-hydrogen) atoms. The molecule has 0 bridgehead atoms. The zero-order valence-electron chi connectivity index (χ0n) is 11.3. The molecule has 1 aromatic carbocycles. The Kier molecular flexibility index (Phi) is 5.36. The van der Waals surface area contributed by atoms with E-state index in [1.165, 1.54) is 6.07 Å². The molecule has 112 valence electrons. The van der Waals surface area contributed by atoms with Gasteiger partial charge in [0.1, 0.15) is 0 Å². The third kappa shape index (κ3) is 3.44. The Hall–Kier alpha value is -1.40. The highest BCUT2D eigenvalue weighted by Crippen LogP contribution is 2.29. The van der Waals surface area contributed by atoms with Crippen molar-refractivity contribution in [3.05, 3.63) is 63.6 Å². The van der Waals surface area contributed by atoms with E-state index in [1.54, 1.807) is 18.3 Å². The summed E-state index contributed by atoms with van der Waals surface area (Å²) in [6.45, 7) is 2.55. The Balaban J connectivity index is 2.51. The lowest BCUT2D eigenvalue weighted by molar-refractivity contribution is 0.431. The SMILES string of the molecule is CCCNC(c1ccc(F)c(F)c1F)c1ncccc1Br. The summed E-state index contributed by atoms with van der Waals surface area (Å²) in [5.41, 5.74) is 0.553. The first-order chi connectivity index (χ1) is 10.1. The molecule has 1 aromatic heterocycles. The van der Waals surface area contributed by atoms with Gasteiger partial charge in [-0.15, -0.1) is 0 Å². The highest BCUT2D eigenvalue weighted by Gasteiger charge is 2.24. The second-order valence-corrected chi connectivity index (χ2v) is 5.38. The Morgan fingerprint density at radius 2 is 1.95 bits per heavy atom. The molecule has 2 nitrogen and oxygen atoms in total. The first-order valence-corrected chi connectivity index (χ1v) is 7.32. The van der Waals surface area contributed by atoms with Crippen molar-refractivity contribution >= 4 is 15.9 Å². The van der Waals surface area contributed by atoms with Gasteiger partial charge in [0.05, 0.1) is 11.7 Å². The summed E-state index contributed by atoms with van der Waals surface area (Å²) in [4.78, 5) is 4.21. The van der Waals surface area contributed by atoms with Crippen molar-refractivity contribution in [2.45, 2.75) is 19.4 Å². The zero-order chi connectivity index (χ0) is 15.4. The van der Waals surface area contributed by atoms with Gasteiger partial charge in [0.2, 0.25) is 0 Å². The van der Waals surface area contributed by atoms with Crippen LogP contribution in [0, 0.1) is 17.5 Å². The molecule has 2 rings (SSSR count). The molecule has 0 amide bonds. The van der Waals surface area contributed by atoms with Crippen LogP contribution in [0.1, 0.15) is 30.6 Å². The van der Waals surface area contributed by atoms with Crippen molar-refractivity contribution in [3.63, 3.8) is 0 Å². The van der Waals surface area contributed by atoms with Gasteiger partial charge < -0.3 is 5.32 Å². The maximum absolute atomic E-state index is 14.1. The van der Waals surface area contributed by atoms with Crippen molar-refractivity contribution < 1.29 is 13.2 Å². The number of nitrogens with zero attached hydrogens (tertiary/aromatic N) is 1. The van der Waals surface area contributed by atoms with Crippen LogP contribution in [-0.2, 0) is 0 Å². The Morgan fingerprint density at radius 1 is 1.19 bits per heavy atom. The van der Waals surface area contributed by atoms with Gasteiger partial charge in [-0.1, -0.05) is 13.0 Å². The summed E-state index contributed by atoms with van der Waals surface area (Å²) >= 11 is 3.35. The largest absolute Gasteiger partial charge is 0.305 e. The van der Waals surface area contributed by atoms with E-state index in [1.807, 2.05) is 6.92 Å². The average Bonchev–Trinajstić information content (AvgIpc) is 2.48. The van der Waals surface area contributed by atoms with E-state index in [0.29, 0.717) is 16.7 Å². The highest BCUT2D eigenvalue weighted by atomic mass is 79.9. The summed E-state index contributed by atoms with van der Waals surface area (Å²) in [6.07, 6.45) is 2.38. The fraction of sp³-hybridized carbons (Fsp3) is 0.267. The van der Waals surface area contributed by atoms with E-state index in [4.69, 9.17) is 0 Å². The second kappa shape index (κ2) is 7.04.